The summed E-state index contributed by atoms with van der Waals surface area (Å²) < 4.78 is 18.5. The maximum Gasteiger partial charge on any atom is 0.328 e. The highest BCUT2D eigenvalue weighted by atomic mass is 19.1. The number of carboxylic acids is 2. The Labute approximate surface area is 165 Å². The summed E-state index contributed by atoms with van der Waals surface area (Å²) >= 11 is 0. The fourth-order valence-corrected chi connectivity index (χ4v) is 2.59. The molecule has 0 bridgehead atoms. The molecule has 0 unspecified atom stereocenters. The molecule has 1 atom stereocenters. The van der Waals surface area contributed by atoms with Crippen LogP contribution in [0, 0.1) is 5.82 Å². The van der Waals surface area contributed by atoms with Crippen molar-refractivity contribution < 1.29 is 28.7 Å². The Morgan fingerprint density at radius 1 is 1.17 bits per heavy atom. The van der Waals surface area contributed by atoms with Crippen LogP contribution in [0.25, 0.3) is 22.2 Å². The monoisotopic (exact) mass is 398 g/mol. The lowest BCUT2D eigenvalue weighted by atomic mass is 9.95. The first-order chi connectivity index (χ1) is 13.8. The Balaban J connectivity index is 0.000000321. The fraction of sp³-hybridized carbons (Fsp3) is 0.0952. The van der Waals surface area contributed by atoms with Crippen LogP contribution in [0.2, 0.25) is 0 Å². The molecule has 0 radical (unpaired) electrons. The highest BCUT2D eigenvalue weighted by Gasteiger charge is 2.17. The van der Waals surface area contributed by atoms with Gasteiger partial charge in [-0.3, -0.25) is 0 Å². The second-order valence-corrected chi connectivity index (χ2v) is 5.90. The largest absolute Gasteiger partial charge is 0.478 e. The summed E-state index contributed by atoms with van der Waals surface area (Å²) in [4.78, 5) is 19.1. The molecule has 0 spiro atoms. The number of halogens is 1. The number of nitrogens with two attached hydrogens (primary N) is 1. The first-order valence-corrected chi connectivity index (χ1v) is 8.48. The van der Waals surface area contributed by atoms with Crippen molar-refractivity contribution in [2.24, 2.45) is 5.73 Å². The Morgan fingerprint density at radius 3 is 2.45 bits per heavy atom. The van der Waals surface area contributed by atoms with Crippen molar-refractivity contribution >= 4 is 22.9 Å². The molecule has 2 aromatic carbocycles. The molecule has 7 nitrogen and oxygen atoms in total. The third-order valence-corrected chi connectivity index (χ3v) is 3.84. The van der Waals surface area contributed by atoms with Crippen molar-refractivity contribution in [3.05, 3.63) is 78.7 Å². The Hall–Kier alpha value is -3.78. The van der Waals surface area contributed by atoms with Crippen LogP contribution in [-0.4, -0.2) is 27.3 Å². The number of hydrogen-bond donors (Lipinski definition) is 3. The lowest BCUT2D eigenvalue weighted by molar-refractivity contribution is -0.134. The molecule has 1 aromatic heterocycles. The van der Waals surface area contributed by atoms with Gasteiger partial charge in [0.25, 0.3) is 0 Å². The molecule has 3 rings (SSSR count). The average Bonchev–Trinajstić information content (AvgIpc) is 3.10. The van der Waals surface area contributed by atoms with Crippen LogP contribution in [0.5, 0.6) is 0 Å². The van der Waals surface area contributed by atoms with Crippen LogP contribution < -0.4 is 5.73 Å². The van der Waals surface area contributed by atoms with Crippen LogP contribution in [0.3, 0.4) is 0 Å². The normalized spacial score (nSPS) is 11.7. The SMILES string of the molecule is C=CC[C@H](N)c1ccccc1-c1noc2cc(F)ccc12.O=C(O)/C=C/C(=O)O. The molecule has 0 aliphatic carbocycles. The number of aliphatic carboxylic acids is 2. The lowest BCUT2D eigenvalue weighted by Crippen LogP contribution is -2.10. The van der Waals surface area contributed by atoms with Crippen molar-refractivity contribution in [1.29, 1.82) is 0 Å². The molecule has 0 amide bonds. The third-order valence-electron chi connectivity index (χ3n) is 3.84. The molecular formula is C21H19FN2O5. The van der Waals surface area contributed by atoms with E-state index in [1.165, 1.54) is 12.1 Å². The maximum atomic E-state index is 13.2. The molecular weight excluding hydrogens is 379 g/mol. The van der Waals surface area contributed by atoms with Gasteiger partial charge in [-0.1, -0.05) is 35.5 Å². The van der Waals surface area contributed by atoms with Gasteiger partial charge in [0.1, 0.15) is 11.5 Å². The molecule has 8 heteroatoms. The summed E-state index contributed by atoms with van der Waals surface area (Å²) in [5, 5.41) is 20.5. The van der Waals surface area contributed by atoms with Gasteiger partial charge >= 0.3 is 11.9 Å². The topological polar surface area (TPSA) is 127 Å². The van der Waals surface area contributed by atoms with Gasteiger partial charge in [-0.05, 0) is 24.1 Å². The highest BCUT2D eigenvalue weighted by Crippen LogP contribution is 2.33. The molecule has 0 saturated carbocycles. The van der Waals surface area contributed by atoms with E-state index in [1.54, 1.807) is 12.1 Å². The van der Waals surface area contributed by atoms with Gasteiger partial charge < -0.3 is 20.5 Å². The quantitative estimate of drug-likeness (QED) is 0.424. The van der Waals surface area contributed by atoms with Gasteiger partial charge in [0.15, 0.2) is 5.58 Å². The second kappa shape index (κ2) is 9.95. The number of carbonyl (C=O) groups is 2. The number of rotatable bonds is 6. The zero-order valence-corrected chi connectivity index (χ0v) is 15.3. The van der Waals surface area contributed by atoms with E-state index in [0.717, 1.165) is 16.5 Å². The lowest BCUT2D eigenvalue weighted by Gasteiger charge is -2.13. The molecule has 3 aromatic rings. The Morgan fingerprint density at radius 2 is 1.83 bits per heavy atom. The van der Waals surface area contributed by atoms with E-state index >= 15 is 0 Å². The molecule has 0 fully saturated rings. The molecule has 4 N–H and O–H groups in total. The molecule has 1 heterocycles. The summed E-state index contributed by atoms with van der Waals surface area (Å²) in [7, 11) is 0. The van der Waals surface area contributed by atoms with Crippen molar-refractivity contribution in [2.45, 2.75) is 12.5 Å². The zero-order chi connectivity index (χ0) is 21.4. The van der Waals surface area contributed by atoms with E-state index in [0.29, 0.717) is 29.8 Å². The minimum Gasteiger partial charge on any atom is -0.478 e. The smallest absolute Gasteiger partial charge is 0.328 e. The van der Waals surface area contributed by atoms with Crippen molar-refractivity contribution in [3.8, 4) is 11.3 Å². The first-order valence-electron chi connectivity index (χ1n) is 8.48. The number of carboxylic acid groups (broad SMARTS) is 2. The number of hydrogen-bond acceptors (Lipinski definition) is 5. The molecule has 29 heavy (non-hydrogen) atoms. The second-order valence-electron chi connectivity index (χ2n) is 5.90. The van der Waals surface area contributed by atoms with Crippen molar-refractivity contribution in [3.63, 3.8) is 0 Å². The van der Waals surface area contributed by atoms with E-state index in [2.05, 4.69) is 11.7 Å². The number of aromatic nitrogens is 1. The van der Waals surface area contributed by atoms with E-state index in [-0.39, 0.29) is 11.9 Å². The van der Waals surface area contributed by atoms with Crippen LogP contribution in [0.4, 0.5) is 4.39 Å². The van der Waals surface area contributed by atoms with Crippen molar-refractivity contribution in [2.75, 3.05) is 0 Å². The number of fused-ring (bicyclic) bond motifs is 1. The van der Waals surface area contributed by atoms with Crippen LogP contribution in [0.1, 0.15) is 18.0 Å². The van der Waals surface area contributed by atoms with Crippen molar-refractivity contribution in [1.82, 2.24) is 5.16 Å². The molecule has 150 valence electrons. The molecule has 0 aliphatic rings. The van der Waals surface area contributed by atoms with Crippen LogP contribution in [0.15, 0.2) is 71.8 Å². The minimum absolute atomic E-state index is 0.161. The van der Waals surface area contributed by atoms with E-state index in [9.17, 15) is 14.0 Å². The molecule has 0 aliphatic heterocycles. The first kappa shape index (κ1) is 21.5. The van der Waals surface area contributed by atoms with Gasteiger partial charge in [0.2, 0.25) is 0 Å². The summed E-state index contributed by atoms with van der Waals surface area (Å²) in [5.74, 6) is -2.86. The van der Waals surface area contributed by atoms with E-state index < -0.39 is 11.9 Å². The van der Waals surface area contributed by atoms with E-state index in [4.69, 9.17) is 20.5 Å². The third kappa shape index (κ3) is 5.85. The predicted molar refractivity (Wildman–Crippen MR) is 106 cm³/mol. The van der Waals surface area contributed by atoms with Gasteiger partial charge in [0.05, 0.1) is 0 Å². The summed E-state index contributed by atoms with van der Waals surface area (Å²) in [6.45, 7) is 3.72. The minimum atomic E-state index is -1.26. The van der Waals surface area contributed by atoms with Gasteiger partial charge in [-0.25, -0.2) is 14.0 Å². The Bertz CT molecular complexity index is 1040. The maximum absolute atomic E-state index is 13.2. The van der Waals surface area contributed by atoms with Gasteiger partial charge in [-0.2, -0.15) is 0 Å². The van der Waals surface area contributed by atoms with Gasteiger partial charge in [-0.15, -0.1) is 6.58 Å². The summed E-state index contributed by atoms with van der Waals surface area (Å²) in [5.41, 5.74) is 9.17. The average molecular weight is 398 g/mol. The zero-order valence-electron chi connectivity index (χ0n) is 15.3. The van der Waals surface area contributed by atoms with Crippen LogP contribution in [-0.2, 0) is 9.59 Å². The van der Waals surface area contributed by atoms with Crippen LogP contribution >= 0.6 is 0 Å². The molecule has 0 saturated heterocycles. The van der Waals surface area contributed by atoms with Gasteiger partial charge in [0, 0.05) is 35.2 Å². The summed E-state index contributed by atoms with van der Waals surface area (Å²) in [6, 6.07) is 12.0. The standard InChI is InChI=1S/C17H15FN2O.C4H4O4/c1-2-5-15(19)12-6-3-4-7-13(12)17-14-9-8-11(18)10-16(14)21-20-17;5-3(6)1-2-4(7)8/h2-4,6-10,15H,1,5,19H2;1-2H,(H,5,6)(H,7,8)/b;2-1+/t15-;/m0./s1. The predicted octanol–water partition coefficient (Wildman–Crippen LogP) is 3.92. The summed E-state index contributed by atoms with van der Waals surface area (Å²) in [6.07, 6.45) is 3.57. The van der Waals surface area contributed by atoms with E-state index in [1.807, 2.05) is 24.3 Å². The fourth-order valence-electron chi connectivity index (χ4n) is 2.59. The Kier molecular flexibility index (Phi) is 7.39. The number of benzene rings is 2. The highest BCUT2D eigenvalue weighted by molar-refractivity contribution is 5.92. The number of nitrogens with zero attached hydrogens (tertiary/aromatic N) is 1.